The number of hydrogen-bond donors (Lipinski definition) is 1. The van der Waals surface area contributed by atoms with E-state index in [1.54, 1.807) is 0 Å². The van der Waals surface area contributed by atoms with Gasteiger partial charge in [0.1, 0.15) is 0 Å². The van der Waals surface area contributed by atoms with Crippen LogP contribution in [0, 0.1) is 5.92 Å². The van der Waals surface area contributed by atoms with Gasteiger partial charge in [0.05, 0.1) is 0 Å². The van der Waals surface area contributed by atoms with Crippen LogP contribution in [0.5, 0.6) is 0 Å². The van der Waals surface area contributed by atoms with Crippen molar-refractivity contribution >= 4 is 0 Å². The highest BCUT2D eigenvalue weighted by Crippen LogP contribution is 2.30. The maximum absolute atomic E-state index is 5.52. The molecule has 1 saturated carbocycles. The number of nitrogens with two attached hydrogens (primary N) is 1. The minimum Gasteiger partial charge on any atom is -0.330 e. The zero-order chi connectivity index (χ0) is 8.39. The summed E-state index contributed by atoms with van der Waals surface area (Å²) < 4.78 is 0. The van der Waals surface area contributed by atoms with Gasteiger partial charge in [0, 0.05) is 19.1 Å². The minimum absolute atomic E-state index is 0.878. The largest absolute Gasteiger partial charge is 0.330 e. The Morgan fingerprint density at radius 2 is 1.83 bits per heavy atom. The average Bonchev–Trinajstić information content (AvgIpc) is 2.47. The summed E-state index contributed by atoms with van der Waals surface area (Å²) in [6.07, 6.45) is 7.07. The molecule has 12 heavy (non-hydrogen) atoms. The normalized spacial score (nSPS) is 27.8. The Morgan fingerprint density at radius 3 is 2.42 bits per heavy atom. The molecule has 0 spiro atoms. The van der Waals surface area contributed by atoms with Crippen LogP contribution in [0.15, 0.2) is 0 Å². The van der Waals surface area contributed by atoms with E-state index in [4.69, 9.17) is 5.73 Å². The van der Waals surface area contributed by atoms with Gasteiger partial charge in [0.15, 0.2) is 0 Å². The van der Waals surface area contributed by atoms with Gasteiger partial charge in [0.25, 0.3) is 0 Å². The molecular formula is C10H20N2. The van der Waals surface area contributed by atoms with Gasteiger partial charge in [0.2, 0.25) is 0 Å². The van der Waals surface area contributed by atoms with Gasteiger partial charge >= 0.3 is 0 Å². The summed E-state index contributed by atoms with van der Waals surface area (Å²) in [5.74, 6) is 0.926. The fraction of sp³-hybridized carbons (Fsp3) is 1.00. The molecule has 1 aliphatic carbocycles. The van der Waals surface area contributed by atoms with Gasteiger partial charge in [-0.3, -0.25) is 4.90 Å². The Kier molecular flexibility index (Phi) is 2.66. The van der Waals surface area contributed by atoms with Crippen LogP contribution in [0.2, 0.25) is 0 Å². The Bertz CT molecular complexity index is 135. The van der Waals surface area contributed by atoms with E-state index in [1.165, 1.54) is 45.2 Å². The van der Waals surface area contributed by atoms with Crippen molar-refractivity contribution < 1.29 is 0 Å². The second-order valence-electron chi connectivity index (χ2n) is 4.34. The van der Waals surface area contributed by atoms with Crippen molar-refractivity contribution in [3.8, 4) is 0 Å². The predicted octanol–water partition coefficient (Wildman–Crippen LogP) is 1.21. The number of nitrogens with zero attached hydrogens (tertiary/aromatic N) is 1. The van der Waals surface area contributed by atoms with E-state index < -0.39 is 0 Å². The van der Waals surface area contributed by atoms with E-state index in [0.717, 1.165) is 18.5 Å². The summed E-state index contributed by atoms with van der Waals surface area (Å²) in [4.78, 5) is 2.66. The lowest BCUT2D eigenvalue weighted by Gasteiger charge is -2.43. The molecule has 0 atom stereocenters. The molecule has 0 radical (unpaired) electrons. The van der Waals surface area contributed by atoms with Crippen molar-refractivity contribution in [2.75, 3.05) is 19.6 Å². The summed E-state index contributed by atoms with van der Waals surface area (Å²) in [6.45, 7) is 3.55. The van der Waals surface area contributed by atoms with E-state index in [0.29, 0.717) is 0 Å². The summed E-state index contributed by atoms with van der Waals surface area (Å²) in [6, 6.07) is 0.944. The molecule has 1 aliphatic heterocycles. The predicted molar refractivity (Wildman–Crippen MR) is 51.0 cm³/mol. The quantitative estimate of drug-likeness (QED) is 0.686. The lowest BCUT2D eigenvalue weighted by molar-refractivity contribution is 0.0519. The second kappa shape index (κ2) is 3.75. The molecule has 2 N–H and O–H groups in total. The van der Waals surface area contributed by atoms with Gasteiger partial charge in [-0.15, -0.1) is 0 Å². The van der Waals surface area contributed by atoms with Gasteiger partial charge in [-0.2, -0.15) is 0 Å². The van der Waals surface area contributed by atoms with Gasteiger partial charge in [-0.25, -0.2) is 0 Å². The first-order valence-electron chi connectivity index (χ1n) is 5.34. The van der Waals surface area contributed by atoms with Crippen molar-refractivity contribution in [1.82, 2.24) is 4.90 Å². The van der Waals surface area contributed by atoms with Crippen molar-refractivity contribution in [3.05, 3.63) is 0 Å². The molecule has 0 aromatic heterocycles. The minimum atomic E-state index is 0.878. The molecule has 1 saturated heterocycles. The van der Waals surface area contributed by atoms with Crippen molar-refractivity contribution in [2.24, 2.45) is 11.7 Å². The highest BCUT2D eigenvalue weighted by atomic mass is 15.2. The molecule has 0 aromatic carbocycles. The summed E-state index contributed by atoms with van der Waals surface area (Å²) in [7, 11) is 0. The molecular weight excluding hydrogens is 148 g/mol. The van der Waals surface area contributed by atoms with Crippen LogP contribution >= 0.6 is 0 Å². The number of likely N-dealkylation sites (tertiary alicyclic amines) is 1. The lowest BCUT2D eigenvalue weighted by Crippen LogP contribution is -2.51. The highest BCUT2D eigenvalue weighted by Gasteiger charge is 2.32. The molecule has 2 fully saturated rings. The Balaban J connectivity index is 1.66. The van der Waals surface area contributed by atoms with E-state index >= 15 is 0 Å². The van der Waals surface area contributed by atoms with Crippen LogP contribution in [0.25, 0.3) is 0 Å². The Morgan fingerprint density at radius 1 is 1.17 bits per heavy atom. The van der Waals surface area contributed by atoms with Crippen molar-refractivity contribution in [1.29, 1.82) is 0 Å². The number of rotatable bonds is 3. The topological polar surface area (TPSA) is 29.3 Å². The molecule has 0 bridgehead atoms. The highest BCUT2D eigenvalue weighted by molar-refractivity contribution is 4.87. The average molecular weight is 168 g/mol. The molecule has 70 valence electrons. The van der Waals surface area contributed by atoms with Crippen LogP contribution in [0.4, 0.5) is 0 Å². The third-order valence-electron chi connectivity index (χ3n) is 3.40. The van der Waals surface area contributed by atoms with Crippen LogP contribution in [-0.4, -0.2) is 30.6 Å². The van der Waals surface area contributed by atoms with Crippen LogP contribution < -0.4 is 5.73 Å². The monoisotopic (exact) mass is 168 g/mol. The lowest BCUT2D eigenvalue weighted by atomic mass is 9.94. The van der Waals surface area contributed by atoms with Gasteiger partial charge in [-0.05, 0) is 31.7 Å². The first-order chi connectivity index (χ1) is 5.90. The second-order valence-corrected chi connectivity index (χ2v) is 4.34. The van der Waals surface area contributed by atoms with E-state index in [9.17, 15) is 0 Å². The van der Waals surface area contributed by atoms with Crippen molar-refractivity contribution in [2.45, 2.75) is 38.1 Å². The van der Waals surface area contributed by atoms with Crippen LogP contribution in [-0.2, 0) is 0 Å². The van der Waals surface area contributed by atoms with Crippen molar-refractivity contribution in [3.63, 3.8) is 0 Å². The third-order valence-corrected chi connectivity index (χ3v) is 3.40. The van der Waals surface area contributed by atoms with Crippen LogP contribution in [0.3, 0.4) is 0 Å². The zero-order valence-electron chi connectivity index (χ0n) is 7.84. The fourth-order valence-electron chi connectivity index (χ4n) is 2.60. The Hall–Kier alpha value is -0.0800. The smallest absolute Gasteiger partial charge is 0.00955 e. The fourth-order valence-corrected chi connectivity index (χ4v) is 2.60. The SMILES string of the molecule is NCCC1CN(C2CCCC2)C1. The molecule has 2 aliphatic rings. The van der Waals surface area contributed by atoms with Gasteiger partial charge in [-0.1, -0.05) is 12.8 Å². The van der Waals surface area contributed by atoms with Gasteiger partial charge < -0.3 is 5.73 Å². The molecule has 0 unspecified atom stereocenters. The summed E-state index contributed by atoms with van der Waals surface area (Å²) in [5, 5.41) is 0. The first-order valence-corrected chi connectivity index (χ1v) is 5.34. The Labute approximate surface area is 75.1 Å². The molecule has 0 amide bonds. The zero-order valence-corrected chi connectivity index (χ0v) is 7.84. The molecule has 0 aromatic rings. The maximum Gasteiger partial charge on any atom is 0.00955 e. The molecule has 1 heterocycles. The third kappa shape index (κ3) is 1.64. The van der Waals surface area contributed by atoms with Crippen LogP contribution in [0.1, 0.15) is 32.1 Å². The van der Waals surface area contributed by atoms with E-state index in [1.807, 2.05) is 0 Å². The molecule has 2 heteroatoms. The summed E-state index contributed by atoms with van der Waals surface area (Å²) >= 11 is 0. The molecule has 2 rings (SSSR count). The first kappa shape index (κ1) is 8.52. The standard InChI is InChI=1S/C10H20N2/c11-6-5-9-7-12(8-9)10-3-1-2-4-10/h9-10H,1-8,11H2. The summed E-state index contributed by atoms with van der Waals surface area (Å²) in [5.41, 5.74) is 5.52. The number of hydrogen-bond acceptors (Lipinski definition) is 2. The molecule has 2 nitrogen and oxygen atoms in total. The van der Waals surface area contributed by atoms with E-state index in [2.05, 4.69) is 4.90 Å². The van der Waals surface area contributed by atoms with E-state index in [-0.39, 0.29) is 0 Å². The maximum atomic E-state index is 5.52.